The second-order valence-electron chi connectivity index (χ2n) is 5.66. The molecule has 1 atom stereocenters. The first-order valence-corrected chi connectivity index (χ1v) is 6.95. The lowest BCUT2D eigenvalue weighted by Gasteiger charge is -2.40. The number of piperidine rings is 1. The maximum absolute atomic E-state index is 2.45. The summed E-state index contributed by atoms with van der Waals surface area (Å²) in [4.78, 5) is 2.45. The van der Waals surface area contributed by atoms with E-state index in [0.29, 0.717) is 5.41 Å². The molecule has 2 heteroatoms. The van der Waals surface area contributed by atoms with E-state index in [0.717, 1.165) is 11.2 Å². The standard InChI is InChI=1S/C12H25NS/c1-12(2,3)11(14-5)10-6-8-13(4)9-7-10/h10-11H,6-9H2,1-5H3/t11-/m1/s1. The van der Waals surface area contributed by atoms with Crippen LogP contribution in [0.3, 0.4) is 0 Å². The number of nitrogens with zero attached hydrogens (tertiary/aromatic N) is 1. The highest BCUT2D eigenvalue weighted by Crippen LogP contribution is 2.38. The van der Waals surface area contributed by atoms with Crippen LogP contribution < -0.4 is 0 Å². The summed E-state index contributed by atoms with van der Waals surface area (Å²) in [5.41, 5.74) is 0.458. The van der Waals surface area contributed by atoms with Crippen LogP contribution >= 0.6 is 11.8 Å². The highest BCUT2D eigenvalue weighted by Gasteiger charge is 2.32. The number of hydrogen-bond donors (Lipinski definition) is 0. The SMILES string of the molecule is CS[C@H](C1CCN(C)CC1)C(C)(C)C. The monoisotopic (exact) mass is 215 g/mol. The van der Waals surface area contributed by atoms with Crippen molar-refractivity contribution >= 4 is 11.8 Å². The van der Waals surface area contributed by atoms with Crippen LogP contribution in [0, 0.1) is 11.3 Å². The molecule has 1 saturated heterocycles. The van der Waals surface area contributed by atoms with E-state index in [1.807, 2.05) is 0 Å². The van der Waals surface area contributed by atoms with Crippen LogP contribution in [0.15, 0.2) is 0 Å². The third kappa shape index (κ3) is 3.16. The van der Waals surface area contributed by atoms with Crippen molar-refractivity contribution in [2.75, 3.05) is 26.4 Å². The van der Waals surface area contributed by atoms with Crippen LogP contribution in [-0.2, 0) is 0 Å². The summed E-state index contributed by atoms with van der Waals surface area (Å²) < 4.78 is 0. The molecule has 1 rings (SSSR count). The molecule has 1 fully saturated rings. The first kappa shape index (κ1) is 12.4. The van der Waals surface area contributed by atoms with Crippen LogP contribution in [0.2, 0.25) is 0 Å². The van der Waals surface area contributed by atoms with Gasteiger partial charge in [0.2, 0.25) is 0 Å². The number of likely N-dealkylation sites (tertiary alicyclic amines) is 1. The van der Waals surface area contributed by atoms with Crippen LogP contribution in [0.1, 0.15) is 33.6 Å². The van der Waals surface area contributed by atoms with Crippen LogP contribution in [-0.4, -0.2) is 36.5 Å². The van der Waals surface area contributed by atoms with Gasteiger partial charge in [-0.05, 0) is 50.6 Å². The molecule has 0 N–H and O–H groups in total. The van der Waals surface area contributed by atoms with Crippen molar-refractivity contribution < 1.29 is 0 Å². The predicted octanol–water partition coefficient (Wildman–Crippen LogP) is 3.11. The van der Waals surface area contributed by atoms with E-state index in [1.165, 1.54) is 25.9 Å². The van der Waals surface area contributed by atoms with E-state index >= 15 is 0 Å². The van der Waals surface area contributed by atoms with E-state index in [9.17, 15) is 0 Å². The fourth-order valence-corrected chi connectivity index (χ4v) is 3.95. The van der Waals surface area contributed by atoms with Crippen molar-refractivity contribution in [3.8, 4) is 0 Å². The molecule has 0 spiro atoms. The Balaban J connectivity index is 2.54. The average Bonchev–Trinajstić information content (AvgIpc) is 2.07. The summed E-state index contributed by atoms with van der Waals surface area (Å²) in [7, 11) is 2.24. The number of thioether (sulfide) groups is 1. The quantitative estimate of drug-likeness (QED) is 0.696. The lowest BCUT2D eigenvalue weighted by Crippen LogP contribution is -2.39. The van der Waals surface area contributed by atoms with Crippen molar-refractivity contribution in [1.82, 2.24) is 4.90 Å². The van der Waals surface area contributed by atoms with Gasteiger partial charge in [0.1, 0.15) is 0 Å². The van der Waals surface area contributed by atoms with E-state index < -0.39 is 0 Å². The van der Waals surface area contributed by atoms with Crippen LogP contribution in [0.25, 0.3) is 0 Å². The Kier molecular flexibility index (Phi) is 4.32. The molecule has 0 saturated carbocycles. The predicted molar refractivity (Wildman–Crippen MR) is 67.0 cm³/mol. The molecule has 0 aliphatic carbocycles. The molecule has 0 aromatic rings. The topological polar surface area (TPSA) is 3.24 Å². The largest absolute Gasteiger partial charge is 0.306 e. The zero-order valence-corrected chi connectivity index (χ0v) is 11.2. The highest BCUT2D eigenvalue weighted by atomic mass is 32.2. The Labute approximate surface area is 93.6 Å². The zero-order valence-electron chi connectivity index (χ0n) is 10.3. The second kappa shape index (κ2) is 4.89. The summed E-state index contributed by atoms with van der Waals surface area (Å²) in [5.74, 6) is 0.932. The lowest BCUT2D eigenvalue weighted by molar-refractivity contribution is 0.183. The molecule has 1 heterocycles. The summed E-state index contributed by atoms with van der Waals surface area (Å²) in [6.07, 6.45) is 5.05. The molecule has 84 valence electrons. The van der Waals surface area contributed by atoms with E-state index in [4.69, 9.17) is 0 Å². The maximum atomic E-state index is 2.45. The van der Waals surface area contributed by atoms with Gasteiger partial charge in [-0.1, -0.05) is 20.8 Å². The third-order valence-corrected chi connectivity index (χ3v) is 4.90. The first-order valence-electron chi connectivity index (χ1n) is 5.66. The van der Waals surface area contributed by atoms with E-state index in [-0.39, 0.29) is 0 Å². The minimum absolute atomic E-state index is 0.458. The molecular weight excluding hydrogens is 190 g/mol. The lowest BCUT2D eigenvalue weighted by atomic mass is 9.80. The molecule has 0 amide bonds. The van der Waals surface area contributed by atoms with Gasteiger partial charge in [-0.2, -0.15) is 11.8 Å². The maximum Gasteiger partial charge on any atom is 0.0122 e. The van der Waals surface area contributed by atoms with Crippen molar-refractivity contribution in [3.05, 3.63) is 0 Å². The van der Waals surface area contributed by atoms with Crippen molar-refractivity contribution in [2.24, 2.45) is 11.3 Å². The van der Waals surface area contributed by atoms with Crippen molar-refractivity contribution in [1.29, 1.82) is 0 Å². The molecular formula is C12H25NS. The van der Waals surface area contributed by atoms with Gasteiger partial charge in [0, 0.05) is 5.25 Å². The average molecular weight is 215 g/mol. The Hall–Kier alpha value is 0.310. The van der Waals surface area contributed by atoms with Gasteiger partial charge in [-0.25, -0.2) is 0 Å². The van der Waals surface area contributed by atoms with Gasteiger partial charge < -0.3 is 4.90 Å². The van der Waals surface area contributed by atoms with Gasteiger partial charge in [0.05, 0.1) is 0 Å². The molecule has 1 nitrogen and oxygen atoms in total. The summed E-state index contributed by atoms with van der Waals surface area (Å²) >= 11 is 2.07. The van der Waals surface area contributed by atoms with Gasteiger partial charge in [0.15, 0.2) is 0 Å². The molecule has 0 bridgehead atoms. The summed E-state index contributed by atoms with van der Waals surface area (Å²) in [5, 5.41) is 0.830. The smallest absolute Gasteiger partial charge is 0.0122 e. The Morgan fingerprint density at radius 2 is 1.71 bits per heavy atom. The number of hydrogen-bond acceptors (Lipinski definition) is 2. The van der Waals surface area contributed by atoms with Gasteiger partial charge in [0.25, 0.3) is 0 Å². The first-order chi connectivity index (χ1) is 6.45. The van der Waals surface area contributed by atoms with E-state index in [2.05, 4.69) is 50.7 Å². The highest BCUT2D eigenvalue weighted by molar-refractivity contribution is 7.99. The van der Waals surface area contributed by atoms with Gasteiger partial charge >= 0.3 is 0 Å². The van der Waals surface area contributed by atoms with E-state index in [1.54, 1.807) is 0 Å². The summed E-state index contributed by atoms with van der Waals surface area (Å²) in [6.45, 7) is 9.72. The molecule has 0 radical (unpaired) electrons. The van der Waals surface area contributed by atoms with Gasteiger partial charge in [-0.3, -0.25) is 0 Å². The molecule has 1 aliphatic rings. The Morgan fingerprint density at radius 1 is 1.21 bits per heavy atom. The van der Waals surface area contributed by atoms with Crippen LogP contribution in [0.4, 0.5) is 0 Å². The molecule has 0 aromatic heterocycles. The second-order valence-corrected chi connectivity index (χ2v) is 6.64. The minimum Gasteiger partial charge on any atom is -0.306 e. The van der Waals surface area contributed by atoms with Gasteiger partial charge in [-0.15, -0.1) is 0 Å². The molecule has 14 heavy (non-hydrogen) atoms. The summed E-state index contributed by atoms with van der Waals surface area (Å²) in [6, 6.07) is 0. The van der Waals surface area contributed by atoms with Crippen LogP contribution in [0.5, 0.6) is 0 Å². The molecule has 1 aliphatic heterocycles. The fraction of sp³-hybridized carbons (Fsp3) is 1.00. The fourth-order valence-electron chi connectivity index (χ4n) is 2.58. The minimum atomic E-state index is 0.458. The Bertz CT molecular complexity index is 166. The molecule has 0 unspecified atom stereocenters. The normalized spacial score (nSPS) is 23.8. The Morgan fingerprint density at radius 3 is 2.07 bits per heavy atom. The zero-order chi connectivity index (χ0) is 10.8. The van der Waals surface area contributed by atoms with Crippen molar-refractivity contribution in [2.45, 2.75) is 38.9 Å². The third-order valence-electron chi connectivity index (χ3n) is 3.30. The number of rotatable bonds is 2. The van der Waals surface area contributed by atoms with Crippen molar-refractivity contribution in [3.63, 3.8) is 0 Å². The molecule has 0 aromatic carbocycles.